The molecule has 0 fully saturated rings. The first-order chi connectivity index (χ1) is 7.37. The van der Waals surface area contributed by atoms with Crippen LogP contribution in [0, 0.1) is 11.6 Å². The molecule has 1 aliphatic rings. The maximum atomic E-state index is 13.1. The first-order valence-corrected chi connectivity index (χ1v) is 5.38. The summed E-state index contributed by atoms with van der Waals surface area (Å²) < 4.78 is 26.2. The van der Waals surface area contributed by atoms with Gasteiger partial charge >= 0.3 is 0 Å². The van der Waals surface area contributed by atoms with Gasteiger partial charge in [0.05, 0.1) is 0 Å². The molecule has 0 atom stereocenters. The number of nitrogens with zero attached hydrogens (tertiary/aromatic N) is 1. The van der Waals surface area contributed by atoms with Crippen LogP contribution < -0.4 is 10.6 Å². The second kappa shape index (κ2) is 3.70. The number of benzene rings is 1. The van der Waals surface area contributed by atoms with Crippen LogP contribution in [0.2, 0.25) is 0 Å². The summed E-state index contributed by atoms with van der Waals surface area (Å²) in [6, 6.07) is 2.55. The van der Waals surface area contributed by atoms with Crippen LogP contribution >= 0.6 is 0 Å². The van der Waals surface area contributed by atoms with E-state index in [1.165, 1.54) is 12.1 Å². The number of anilines is 1. The van der Waals surface area contributed by atoms with Gasteiger partial charge in [-0.3, -0.25) is 0 Å². The Bertz CT molecular complexity index is 410. The standard InChI is InChI=1S/C12H16F2N2/c1-12(2,15)7-16-4-3-8-5-9(13)10(14)6-11(8)16/h5-6H,3-4,7,15H2,1-2H3. The smallest absolute Gasteiger partial charge is 0.160 e. The molecule has 2 nitrogen and oxygen atoms in total. The lowest BCUT2D eigenvalue weighted by atomic mass is 10.1. The molecule has 1 heterocycles. The van der Waals surface area contributed by atoms with Gasteiger partial charge in [-0.1, -0.05) is 0 Å². The lowest BCUT2D eigenvalue weighted by Crippen LogP contribution is -2.44. The highest BCUT2D eigenvalue weighted by Crippen LogP contribution is 2.30. The third-order valence-corrected chi connectivity index (χ3v) is 2.71. The van der Waals surface area contributed by atoms with Crippen molar-refractivity contribution in [3.8, 4) is 0 Å². The maximum absolute atomic E-state index is 13.1. The van der Waals surface area contributed by atoms with Gasteiger partial charge in [0.15, 0.2) is 11.6 Å². The predicted octanol–water partition coefficient (Wildman–Crippen LogP) is 2.06. The van der Waals surface area contributed by atoms with Gasteiger partial charge in [0.25, 0.3) is 0 Å². The second-order valence-electron chi connectivity index (χ2n) is 5.06. The van der Waals surface area contributed by atoms with Crippen LogP contribution in [0.5, 0.6) is 0 Å². The summed E-state index contributed by atoms with van der Waals surface area (Å²) >= 11 is 0. The van der Waals surface area contributed by atoms with E-state index < -0.39 is 11.6 Å². The zero-order valence-electron chi connectivity index (χ0n) is 9.56. The molecule has 1 aromatic carbocycles. The van der Waals surface area contributed by atoms with E-state index in [2.05, 4.69) is 0 Å². The van der Waals surface area contributed by atoms with E-state index in [0.29, 0.717) is 6.54 Å². The first-order valence-electron chi connectivity index (χ1n) is 5.38. The van der Waals surface area contributed by atoms with Crippen LogP contribution in [0.3, 0.4) is 0 Å². The number of nitrogens with two attached hydrogens (primary N) is 1. The molecule has 0 radical (unpaired) electrons. The Morgan fingerprint density at radius 3 is 2.56 bits per heavy atom. The van der Waals surface area contributed by atoms with Crippen molar-refractivity contribution >= 4 is 5.69 Å². The van der Waals surface area contributed by atoms with Crippen molar-refractivity contribution in [2.75, 3.05) is 18.0 Å². The van der Waals surface area contributed by atoms with Gasteiger partial charge in [-0.15, -0.1) is 0 Å². The first kappa shape index (κ1) is 11.3. The lowest BCUT2D eigenvalue weighted by Gasteiger charge is -2.28. The number of rotatable bonds is 2. The largest absolute Gasteiger partial charge is 0.369 e. The summed E-state index contributed by atoms with van der Waals surface area (Å²) in [4.78, 5) is 2.01. The van der Waals surface area contributed by atoms with E-state index in [9.17, 15) is 8.78 Å². The normalized spacial score (nSPS) is 15.4. The zero-order chi connectivity index (χ0) is 11.9. The van der Waals surface area contributed by atoms with E-state index in [1.54, 1.807) is 0 Å². The molecule has 0 unspecified atom stereocenters. The Morgan fingerprint density at radius 2 is 1.94 bits per heavy atom. The minimum atomic E-state index is -0.791. The van der Waals surface area contributed by atoms with Crippen LogP contribution in [-0.4, -0.2) is 18.6 Å². The van der Waals surface area contributed by atoms with Crippen LogP contribution in [-0.2, 0) is 6.42 Å². The summed E-state index contributed by atoms with van der Waals surface area (Å²) in [6.07, 6.45) is 0.753. The molecule has 0 amide bonds. The Labute approximate surface area is 94.0 Å². The van der Waals surface area contributed by atoms with Crippen molar-refractivity contribution in [2.24, 2.45) is 5.73 Å². The molecule has 88 valence electrons. The van der Waals surface area contributed by atoms with Crippen molar-refractivity contribution in [3.05, 3.63) is 29.3 Å². The van der Waals surface area contributed by atoms with Crippen molar-refractivity contribution in [1.29, 1.82) is 0 Å². The number of halogens is 2. The Morgan fingerprint density at radius 1 is 1.31 bits per heavy atom. The topological polar surface area (TPSA) is 29.3 Å². The summed E-state index contributed by atoms with van der Waals surface area (Å²) in [5, 5.41) is 0. The molecular weight excluding hydrogens is 210 g/mol. The van der Waals surface area contributed by atoms with Crippen molar-refractivity contribution in [1.82, 2.24) is 0 Å². The number of hydrogen-bond acceptors (Lipinski definition) is 2. The van der Waals surface area contributed by atoms with Crippen molar-refractivity contribution in [3.63, 3.8) is 0 Å². The van der Waals surface area contributed by atoms with E-state index in [1.807, 2.05) is 18.7 Å². The molecule has 4 heteroatoms. The molecule has 2 N–H and O–H groups in total. The third kappa shape index (κ3) is 2.16. The monoisotopic (exact) mass is 226 g/mol. The molecule has 16 heavy (non-hydrogen) atoms. The van der Waals surface area contributed by atoms with Gasteiger partial charge in [-0.05, 0) is 31.9 Å². The molecule has 0 spiro atoms. The quantitative estimate of drug-likeness (QED) is 0.836. The summed E-state index contributed by atoms with van der Waals surface area (Å²) in [7, 11) is 0. The van der Waals surface area contributed by atoms with Gasteiger partial charge in [0, 0.05) is 30.4 Å². The molecule has 2 rings (SSSR count). The molecule has 0 aromatic heterocycles. The number of fused-ring (bicyclic) bond motifs is 1. The molecule has 0 aliphatic carbocycles. The van der Waals surface area contributed by atoms with Gasteiger partial charge in [0.1, 0.15) is 0 Å². The average molecular weight is 226 g/mol. The van der Waals surface area contributed by atoms with E-state index in [4.69, 9.17) is 5.73 Å². The van der Waals surface area contributed by atoms with Gasteiger partial charge in [-0.25, -0.2) is 8.78 Å². The summed E-state index contributed by atoms with van der Waals surface area (Å²) in [5.74, 6) is -1.56. The molecule has 1 aromatic rings. The molecule has 0 saturated heterocycles. The van der Waals surface area contributed by atoms with E-state index in [0.717, 1.165) is 24.2 Å². The Kier molecular flexibility index (Phi) is 2.62. The molecule has 1 aliphatic heterocycles. The number of hydrogen-bond donors (Lipinski definition) is 1. The minimum absolute atomic E-state index is 0.341. The SMILES string of the molecule is CC(C)(N)CN1CCc2cc(F)c(F)cc21. The van der Waals surface area contributed by atoms with Crippen LogP contribution in [0.4, 0.5) is 14.5 Å². The third-order valence-electron chi connectivity index (χ3n) is 2.71. The fraction of sp³-hybridized carbons (Fsp3) is 0.500. The van der Waals surface area contributed by atoms with Crippen LogP contribution in [0.15, 0.2) is 12.1 Å². The lowest BCUT2D eigenvalue weighted by molar-refractivity contribution is 0.503. The zero-order valence-corrected chi connectivity index (χ0v) is 9.56. The van der Waals surface area contributed by atoms with E-state index in [-0.39, 0.29) is 5.54 Å². The summed E-state index contributed by atoms with van der Waals surface area (Å²) in [6.45, 7) is 5.26. The highest BCUT2D eigenvalue weighted by molar-refractivity contribution is 5.58. The summed E-state index contributed by atoms with van der Waals surface area (Å²) in [5.41, 5.74) is 7.23. The predicted molar refractivity (Wildman–Crippen MR) is 60.5 cm³/mol. The van der Waals surface area contributed by atoms with Gasteiger partial charge in [0.2, 0.25) is 0 Å². The van der Waals surface area contributed by atoms with Crippen LogP contribution in [0.25, 0.3) is 0 Å². The van der Waals surface area contributed by atoms with Crippen LogP contribution in [0.1, 0.15) is 19.4 Å². The minimum Gasteiger partial charge on any atom is -0.369 e. The maximum Gasteiger partial charge on any atom is 0.160 e. The molecule has 0 bridgehead atoms. The van der Waals surface area contributed by atoms with Crippen molar-refractivity contribution in [2.45, 2.75) is 25.8 Å². The molecule has 0 saturated carbocycles. The Hall–Kier alpha value is -1.16. The van der Waals surface area contributed by atoms with E-state index >= 15 is 0 Å². The van der Waals surface area contributed by atoms with Gasteiger partial charge < -0.3 is 10.6 Å². The highest BCUT2D eigenvalue weighted by atomic mass is 19.2. The highest BCUT2D eigenvalue weighted by Gasteiger charge is 2.25. The molecular formula is C12H16F2N2. The fourth-order valence-electron chi connectivity index (χ4n) is 2.10. The average Bonchev–Trinajstić information content (AvgIpc) is 2.47. The van der Waals surface area contributed by atoms with Gasteiger partial charge in [-0.2, -0.15) is 0 Å². The fourth-order valence-corrected chi connectivity index (χ4v) is 2.10. The van der Waals surface area contributed by atoms with Crippen molar-refractivity contribution < 1.29 is 8.78 Å². The second-order valence-corrected chi connectivity index (χ2v) is 5.06. The Balaban J connectivity index is 2.29.